The first-order valence-corrected chi connectivity index (χ1v) is 5.37. The Labute approximate surface area is 96.4 Å². The molecule has 1 aromatic carbocycles. The van der Waals surface area contributed by atoms with Gasteiger partial charge in [-0.25, -0.2) is 0 Å². The quantitative estimate of drug-likeness (QED) is 0.806. The first kappa shape index (κ1) is 10.4. The van der Waals surface area contributed by atoms with Crippen molar-refractivity contribution < 1.29 is 5.21 Å². The zero-order chi connectivity index (χ0) is 11.0. The number of anilines is 1. The average molecular weight is 267 g/mol. The van der Waals surface area contributed by atoms with Crippen molar-refractivity contribution in [1.82, 2.24) is 4.98 Å². The lowest BCUT2D eigenvalue weighted by molar-refractivity contribution is 0.280. The number of hydroxylamine groups is 1. The fraction of sp³-hybridized carbons (Fsp3) is 0.182. The standard InChI is InChI=1S/C11H11BrN2O/c1-7-9(12)6-8-10(13-7)4-3-5-11(8)14(2)15/h3-6,15H,1-2H3. The van der Waals surface area contributed by atoms with Gasteiger partial charge in [0.15, 0.2) is 0 Å². The normalized spacial score (nSPS) is 10.7. The van der Waals surface area contributed by atoms with E-state index in [9.17, 15) is 5.21 Å². The number of halogens is 1. The molecule has 0 aliphatic heterocycles. The van der Waals surface area contributed by atoms with Gasteiger partial charge in [-0.3, -0.25) is 15.3 Å². The van der Waals surface area contributed by atoms with E-state index >= 15 is 0 Å². The predicted octanol–water partition coefficient (Wildman–Crippen LogP) is 3.13. The summed E-state index contributed by atoms with van der Waals surface area (Å²) in [4.78, 5) is 4.43. The fourth-order valence-electron chi connectivity index (χ4n) is 1.53. The van der Waals surface area contributed by atoms with Crippen LogP contribution < -0.4 is 5.06 Å². The van der Waals surface area contributed by atoms with E-state index < -0.39 is 0 Å². The van der Waals surface area contributed by atoms with Crippen LogP contribution in [0.4, 0.5) is 5.69 Å². The molecular formula is C11H11BrN2O. The van der Waals surface area contributed by atoms with E-state index in [4.69, 9.17) is 0 Å². The minimum Gasteiger partial charge on any atom is -0.289 e. The molecule has 0 amide bonds. The molecule has 0 unspecified atom stereocenters. The lowest BCUT2D eigenvalue weighted by Gasteiger charge is -2.13. The Hall–Kier alpha value is -1.13. The highest BCUT2D eigenvalue weighted by atomic mass is 79.9. The van der Waals surface area contributed by atoms with Crippen LogP contribution in [-0.2, 0) is 0 Å². The van der Waals surface area contributed by atoms with Crippen LogP contribution in [0.15, 0.2) is 28.7 Å². The molecule has 4 heteroatoms. The smallest absolute Gasteiger partial charge is 0.0727 e. The largest absolute Gasteiger partial charge is 0.289 e. The number of nitrogens with zero attached hydrogens (tertiary/aromatic N) is 2. The van der Waals surface area contributed by atoms with Crippen LogP contribution in [0, 0.1) is 6.92 Å². The number of hydrogen-bond donors (Lipinski definition) is 1. The summed E-state index contributed by atoms with van der Waals surface area (Å²) >= 11 is 3.44. The zero-order valence-electron chi connectivity index (χ0n) is 8.53. The molecule has 0 saturated heterocycles. The molecule has 0 fully saturated rings. The highest BCUT2D eigenvalue weighted by Crippen LogP contribution is 2.28. The van der Waals surface area contributed by atoms with Crippen molar-refractivity contribution in [3.8, 4) is 0 Å². The average Bonchev–Trinajstić information content (AvgIpc) is 2.18. The summed E-state index contributed by atoms with van der Waals surface area (Å²) in [5.74, 6) is 0. The van der Waals surface area contributed by atoms with Gasteiger partial charge in [-0.05, 0) is 41.1 Å². The number of benzene rings is 1. The summed E-state index contributed by atoms with van der Waals surface area (Å²) in [6.45, 7) is 1.94. The number of pyridine rings is 1. The maximum atomic E-state index is 9.47. The van der Waals surface area contributed by atoms with Crippen LogP contribution in [0.5, 0.6) is 0 Å². The van der Waals surface area contributed by atoms with Gasteiger partial charge >= 0.3 is 0 Å². The lowest BCUT2D eigenvalue weighted by Crippen LogP contribution is -2.10. The van der Waals surface area contributed by atoms with Gasteiger partial charge in [-0.1, -0.05) is 6.07 Å². The number of fused-ring (bicyclic) bond motifs is 1. The molecule has 2 aromatic rings. The molecule has 1 heterocycles. The second-order valence-corrected chi connectivity index (χ2v) is 4.28. The van der Waals surface area contributed by atoms with Crippen LogP contribution in [0.1, 0.15) is 5.69 Å². The van der Waals surface area contributed by atoms with Crippen LogP contribution in [-0.4, -0.2) is 17.2 Å². The van der Waals surface area contributed by atoms with Crippen LogP contribution in [0.3, 0.4) is 0 Å². The highest BCUT2D eigenvalue weighted by molar-refractivity contribution is 9.10. The molecule has 78 valence electrons. The second-order valence-electron chi connectivity index (χ2n) is 3.42. The third-order valence-electron chi connectivity index (χ3n) is 2.31. The predicted molar refractivity (Wildman–Crippen MR) is 64.4 cm³/mol. The van der Waals surface area contributed by atoms with Crippen LogP contribution in [0.2, 0.25) is 0 Å². The van der Waals surface area contributed by atoms with Gasteiger partial charge in [0.05, 0.1) is 16.9 Å². The van der Waals surface area contributed by atoms with E-state index in [0.717, 1.165) is 31.8 Å². The van der Waals surface area contributed by atoms with Gasteiger partial charge in [-0.2, -0.15) is 0 Å². The van der Waals surface area contributed by atoms with Gasteiger partial charge in [0.1, 0.15) is 0 Å². The van der Waals surface area contributed by atoms with E-state index in [1.54, 1.807) is 7.05 Å². The lowest BCUT2D eigenvalue weighted by atomic mass is 10.1. The SMILES string of the molecule is Cc1nc2cccc(N(C)O)c2cc1Br. The molecule has 3 nitrogen and oxygen atoms in total. The Kier molecular flexibility index (Phi) is 2.63. The Balaban J connectivity index is 2.80. The molecule has 1 N–H and O–H groups in total. The zero-order valence-corrected chi connectivity index (χ0v) is 10.1. The van der Waals surface area contributed by atoms with E-state index in [1.807, 2.05) is 31.2 Å². The minimum atomic E-state index is 0.751. The topological polar surface area (TPSA) is 36.4 Å². The molecule has 0 saturated carbocycles. The summed E-state index contributed by atoms with van der Waals surface area (Å²) in [5, 5.41) is 11.5. The molecule has 0 atom stereocenters. The molecule has 0 spiro atoms. The molecule has 0 aliphatic carbocycles. The molecule has 2 rings (SSSR count). The van der Waals surface area contributed by atoms with Gasteiger partial charge in [0, 0.05) is 16.9 Å². The maximum Gasteiger partial charge on any atom is 0.0727 e. The Morgan fingerprint density at radius 2 is 2.13 bits per heavy atom. The van der Waals surface area contributed by atoms with Crippen molar-refractivity contribution in [3.05, 3.63) is 34.4 Å². The van der Waals surface area contributed by atoms with E-state index in [0.29, 0.717) is 0 Å². The summed E-state index contributed by atoms with van der Waals surface area (Å²) in [7, 11) is 1.60. The van der Waals surface area contributed by atoms with Gasteiger partial charge in [0.2, 0.25) is 0 Å². The summed E-state index contributed by atoms with van der Waals surface area (Å²) in [6, 6.07) is 7.64. The van der Waals surface area contributed by atoms with Gasteiger partial charge < -0.3 is 0 Å². The van der Waals surface area contributed by atoms with Gasteiger partial charge in [0.25, 0.3) is 0 Å². The molecule has 15 heavy (non-hydrogen) atoms. The molecular weight excluding hydrogens is 256 g/mol. The number of hydrogen-bond acceptors (Lipinski definition) is 3. The maximum absolute atomic E-state index is 9.47. The van der Waals surface area contributed by atoms with Crippen LogP contribution >= 0.6 is 15.9 Å². The number of rotatable bonds is 1. The number of aryl methyl sites for hydroxylation is 1. The summed E-state index contributed by atoms with van der Waals surface area (Å²) in [6.07, 6.45) is 0. The van der Waals surface area contributed by atoms with E-state index in [-0.39, 0.29) is 0 Å². The van der Waals surface area contributed by atoms with Crippen molar-refractivity contribution in [3.63, 3.8) is 0 Å². The monoisotopic (exact) mass is 266 g/mol. The highest BCUT2D eigenvalue weighted by Gasteiger charge is 2.06. The Bertz CT molecular complexity index is 511. The van der Waals surface area contributed by atoms with Crippen molar-refractivity contribution in [1.29, 1.82) is 0 Å². The molecule has 0 bridgehead atoms. The van der Waals surface area contributed by atoms with E-state index in [1.165, 1.54) is 0 Å². The molecule has 0 radical (unpaired) electrons. The van der Waals surface area contributed by atoms with Crippen molar-refractivity contribution in [2.24, 2.45) is 0 Å². The Morgan fingerprint density at radius 3 is 2.80 bits per heavy atom. The van der Waals surface area contributed by atoms with Crippen molar-refractivity contribution in [2.75, 3.05) is 12.1 Å². The first-order valence-electron chi connectivity index (χ1n) is 4.58. The van der Waals surface area contributed by atoms with Gasteiger partial charge in [-0.15, -0.1) is 0 Å². The van der Waals surface area contributed by atoms with E-state index in [2.05, 4.69) is 20.9 Å². The molecule has 0 aliphatic rings. The first-order chi connectivity index (χ1) is 7.09. The molecule has 1 aromatic heterocycles. The fourth-order valence-corrected chi connectivity index (χ4v) is 1.85. The number of aromatic nitrogens is 1. The summed E-state index contributed by atoms with van der Waals surface area (Å²) < 4.78 is 0.948. The third kappa shape index (κ3) is 1.82. The summed E-state index contributed by atoms with van der Waals surface area (Å²) in [5.41, 5.74) is 2.58. The Morgan fingerprint density at radius 1 is 1.40 bits per heavy atom. The third-order valence-corrected chi connectivity index (χ3v) is 3.12. The van der Waals surface area contributed by atoms with Crippen molar-refractivity contribution in [2.45, 2.75) is 6.92 Å². The van der Waals surface area contributed by atoms with Crippen molar-refractivity contribution >= 4 is 32.5 Å². The second kappa shape index (κ2) is 3.79. The van der Waals surface area contributed by atoms with Crippen LogP contribution in [0.25, 0.3) is 10.9 Å². The minimum absolute atomic E-state index is 0.751.